The molecule has 2 heterocycles. The quantitative estimate of drug-likeness (QED) is 0.559. The van der Waals surface area contributed by atoms with E-state index in [1.165, 1.54) is 20.3 Å². The minimum atomic E-state index is 1.05. The number of thioether (sulfide) groups is 1. The Labute approximate surface area is 150 Å². The third kappa shape index (κ3) is 2.99. The Morgan fingerprint density at radius 1 is 1.08 bits per heavy atom. The Morgan fingerprint density at radius 2 is 1.92 bits per heavy atom. The number of allylic oxidation sites excluding steroid dienone is 2. The molecule has 0 saturated heterocycles. The third-order valence-corrected chi connectivity index (χ3v) is 6.00. The zero-order chi connectivity index (χ0) is 16.4. The summed E-state index contributed by atoms with van der Waals surface area (Å²) in [7, 11) is 0. The second-order valence-corrected chi connectivity index (χ2v) is 7.73. The summed E-state index contributed by atoms with van der Waals surface area (Å²) in [6.07, 6.45) is 7.56. The molecule has 1 aliphatic rings. The summed E-state index contributed by atoms with van der Waals surface area (Å²) in [6.45, 7) is 3.27. The van der Waals surface area contributed by atoms with E-state index in [-0.39, 0.29) is 0 Å². The Hall–Kier alpha value is -2.04. The minimum absolute atomic E-state index is 1.05. The normalized spacial score (nSPS) is 15.7. The van der Waals surface area contributed by atoms with Gasteiger partial charge in [0.1, 0.15) is 5.01 Å². The highest BCUT2D eigenvalue weighted by Gasteiger charge is 2.23. The van der Waals surface area contributed by atoms with Crippen molar-refractivity contribution < 1.29 is 0 Å². The Bertz CT molecular complexity index is 891. The van der Waals surface area contributed by atoms with Crippen LogP contribution in [0.1, 0.15) is 18.4 Å². The smallest absolute Gasteiger partial charge is 0.117 e. The van der Waals surface area contributed by atoms with E-state index < -0.39 is 0 Å². The average Bonchev–Trinajstić information content (AvgIpc) is 3.17. The summed E-state index contributed by atoms with van der Waals surface area (Å²) in [4.78, 5) is 8.40. The van der Waals surface area contributed by atoms with E-state index in [1.807, 2.05) is 17.8 Å². The molecule has 0 saturated carbocycles. The lowest BCUT2D eigenvalue weighted by atomic mass is 10.3. The Balaban J connectivity index is 1.58. The summed E-state index contributed by atoms with van der Waals surface area (Å²) in [5.41, 5.74) is 2.40. The van der Waals surface area contributed by atoms with Gasteiger partial charge in [-0.2, -0.15) is 0 Å². The number of thiazole rings is 1. The predicted molar refractivity (Wildman–Crippen MR) is 107 cm³/mol. The van der Waals surface area contributed by atoms with Crippen molar-refractivity contribution in [3.8, 4) is 0 Å². The molecule has 0 spiro atoms. The number of nitrogens with zero attached hydrogens (tertiary/aromatic N) is 2. The molecule has 0 bridgehead atoms. The second kappa shape index (κ2) is 6.83. The molecule has 1 aromatic heterocycles. The summed E-state index contributed by atoms with van der Waals surface area (Å²) in [6, 6.07) is 16.9. The molecule has 24 heavy (non-hydrogen) atoms. The first kappa shape index (κ1) is 15.5. The Kier molecular flexibility index (Phi) is 4.41. The molecule has 1 aliphatic heterocycles. The summed E-state index contributed by atoms with van der Waals surface area (Å²) < 4.78 is 1.24. The molecule has 2 nitrogen and oxygen atoms in total. The van der Waals surface area contributed by atoms with Gasteiger partial charge in [-0.15, -0.1) is 11.3 Å². The van der Waals surface area contributed by atoms with Crippen LogP contribution in [0.4, 0.5) is 5.69 Å². The van der Waals surface area contributed by atoms with Crippen molar-refractivity contribution in [3.05, 3.63) is 70.7 Å². The number of aromatic nitrogens is 1. The molecule has 0 unspecified atom stereocenters. The van der Waals surface area contributed by atoms with Crippen LogP contribution in [0.5, 0.6) is 0 Å². The zero-order valence-corrected chi connectivity index (χ0v) is 15.1. The van der Waals surface area contributed by atoms with Gasteiger partial charge in [-0.25, -0.2) is 4.98 Å². The van der Waals surface area contributed by atoms with E-state index in [4.69, 9.17) is 0 Å². The highest BCUT2D eigenvalue weighted by molar-refractivity contribution is 8.03. The molecule has 0 atom stereocenters. The van der Waals surface area contributed by atoms with Crippen LogP contribution in [-0.4, -0.2) is 11.5 Å². The molecule has 120 valence electrons. The first-order valence-corrected chi connectivity index (χ1v) is 9.77. The molecule has 0 amide bonds. The molecular formula is C20H18N2S2. The monoisotopic (exact) mass is 350 g/mol. The van der Waals surface area contributed by atoms with Crippen LogP contribution in [-0.2, 0) is 0 Å². The summed E-state index contributed by atoms with van der Waals surface area (Å²) >= 11 is 3.57. The van der Waals surface area contributed by atoms with Gasteiger partial charge in [0.05, 0.1) is 20.9 Å². The molecular weight excluding hydrogens is 332 g/mol. The fourth-order valence-electron chi connectivity index (χ4n) is 2.81. The average molecular weight is 351 g/mol. The molecule has 3 aromatic rings. The van der Waals surface area contributed by atoms with E-state index in [1.54, 1.807) is 11.3 Å². The van der Waals surface area contributed by atoms with Gasteiger partial charge in [0, 0.05) is 11.4 Å². The summed E-state index contributed by atoms with van der Waals surface area (Å²) in [5, 5.41) is 2.34. The topological polar surface area (TPSA) is 16.1 Å². The SMILES string of the molecule is CCCN1C(=CC=Cc2nc3ccccc3s2)Sc2ccccc21. The number of fused-ring (bicyclic) bond motifs is 2. The van der Waals surface area contributed by atoms with Crippen LogP contribution in [0.3, 0.4) is 0 Å². The van der Waals surface area contributed by atoms with Crippen LogP contribution in [0, 0.1) is 0 Å². The number of rotatable bonds is 4. The zero-order valence-electron chi connectivity index (χ0n) is 13.5. The lowest BCUT2D eigenvalue weighted by Gasteiger charge is -2.19. The van der Waals surface area contributed by atoms with Gasteiger partial charge in [0.15, 0.2) is 0 Å². The second-order valence-electron chi connectivity index (χ2n) is 5.61. The highest BCUT2D eigenvalue weighted by atomic mass is 32.2. The van der Waals surface area contributed by atoms with Crippen molar-refractivity contribution in [1.82, 2.24) is 4.98 Å². The number of hydrogen-bond donors (Lipinski definition) is 0. The van der Waals surface area contributed by atoms with E-state index in [9.17, 15) is 0 Å². The number of anilines is 1. The Morgan fingerprint density at radius 3 is 2.79 bits per heavy atom. The summed E-state index contributed by atoms with van der Waals surface area (Å²) in [5.74, 6) is 0. The maximum Gasteiger partial charge on any atom is 0.117 e. The maximum atomic E-state index is 4.65. The molecule has 4 heteroatoms. The van der Waals surface area contributed by atoms with Crippen molar-refractivity contribution in [3.63, 3.8) is 0 Å². The van der Waals surface area contributed by atoms with Crippen molar-refractivity contribution >= 4 is 45.1 Å². The van der Waals surface area contributed by atoms with Gasteiger partial charge in [-0.05, 0) is 42.8 Å². The highest BCUT2D eigenvalue weighted by Crippen LogP contribution is 2.45. The molecule has 0 aliphatic carbocycles. The number of para-hydroxylation sites is 2. The number of hydrogen-bond acceptors (Lipinski definition) is 4. The lowest BCUT2D eigenvalue weighted by molar-refractivity contribution is 0.873. The maximum absolute atomic E-state index is 4.65. The van der Waals surface area contributed by atoms with Gasteiger partial charge >= 0.3 is 0 Å². The van der Waals surface area contributed by atoms with Crippen molar-refractivity contribution in [2.45, 2.75) is 18.2 Å². The van der Waals surface area contributed by atoms with Gasteiger partial charge in [-0.1, -0.05) is 49.0 Å². The first-order chi connectivity index (χ1) is 11.8. The number of benzene rings is 2. The van der Waals surface area contributed by atoms with Crippen molar-refractivity contribution in [1.29, 1.82) is 0 Å². The van der Waals surface area contributed by atoms with E-state index in [0.29, 0.717) is 0 Å². The fraction of sp³-hybridized carbons (Fsp3) is 0.150. The molecule has 0 fully saturated rings. The van der Waals surface area contributed by atoms with Crippen LogP contribution in [0.25, 0.3) is 16.3 Å². The van der Waals surface area contributed by atoms with Gasteiger partial charge in [0.25, 0.3) is 0 Å². The van der Waals surface area contributed by atoms with E-state index in [2.05, 4.69) is 77.5 Å². The van der Waals surface area contributed by atoms with Crippen molar-refractivity contribution in [2.75, 3.05) is 11.4 Å². The van der Waals surface area contributed by atoms with Crippen LogP contribution < -0.4 is 4.90 Å². The van der Waals surface area contributed by atoms with Gasteiger partial charge in [0.2, 0.25) is 0 Å². The van der Waals surface area contributed by atoms with Crippen LogP contribution >= 0.6 is 23.1 Å². The molecule has 4 rings (SSSR count). The van der Waals surface area contributed by atoms with Gasteiger partial charge in [-0.3, -0.25) is 0 Å². The van der Waals surface area contributed by atoms with Crippen LogP contribution in [0.15, 0.2) is 70.6 Å². The van der Waals surface area contributed by atoms with E-state index in [0.717, 1.165) is 23.5 Å². The molecule has 2 aromatic carbocycles. The van der Waals surface area contributed by atoms with Crippen LogP contribution in [0.2, 0.25) is 0 Å². The fourth-order valence-corrected chi connectivity index (χ4v) is 4.79. The third-order valence-electron chi connectivity index (χ3n) is 3.87. The minimum Gasteiger partial charge on any atom is -0.335 e. The predicted octanol–water partition coefficient (Wildman–Crippen LogP) is 6.17. The van der Waals surface area contributed by atoms with Crippen molar-refractivity contribution in [2.24, 2.45) is 0 Å². The lowest BCUT2D eigenvalue weighted by Crippen LogP contribution is -2.18. The molecule has 0 N–H and O–H groups in total. The first-order valence-electron chi connectivity index (χ1n) is 8.13. The van der Waals surface area contributed by atoms with E-state index >= 15 is 0 Å². The molecule has 0 radical (unpaired) electrons. The van der Waals surface area contributed by atoms with Gasteiger partial charge < -0.3 is 4.90 Å². The standard InChI is InChI=1S/C20H18N2S2/c1-2-14-22-16-9-4-6-11-18(16)24-20(22)13-7-12-19-21-15-8-3-5-10-17(15)23-19/h3-13H,2,14H2,1H3. The largest absolute Gasteiger partial charge is 0.335 e.